The Morgan fingerprint density at radius 1 is 1.40 bits per heavy atom. The first-order chi connectivity index (χ1) is 11.4. The van der Waals surface area contributed by atoms with E-state index in [0.29, 0.717) is 30.4 Å². The predicted molar refractivity (Wildman–Crippen MR) is 110 cm³/mol. The molecule has 1 amide bonds. The molecule has 3 rings (SSSR count). The van der Waals surface area contributed by atoms with Crippen LogP contribution in [0.5, 0.6) is 0 Å². The summed E-state index contributed by atoms with van der Waals surface area (Å²) in [7, 11) is 0. The van der Waals surface area contributed by atoms with E-state index in [1.165, 1.54) is 0 Å². The maximum Gasteiger partial charge on any atom is 0.217 e. The average molecular weight is 464 g/mol. The fourth-order valence-corrected chi connectivity index (χ4v) is 4.85. The standard InChI is InChI=1S/C18H32N4O2.HI/c1-4-20-17(22-8-5-6-12(11-22)10-14(19)23)21-15-13-7-9-24-16(13)18(15,2)3;/h12-13,15-16H,4-11H2,1-3H3,(H2,19,23)(H,20,21);1H. The normalized spacial score (nSPS) is 33.9. The maximum absolute atomic E-state index is 11.3. The Kier molecular flexibility index (Phi) is 6.98. The van der Waals surface area contributed by atoms with Crippen LogP contribution in [0.4, 0.5) is 0 Å². The molecule has 144 valence electrons. The molecule has 1 saturated carbocycles. The molecule has 2 saturated heterocycles. The van der Waals surface area contributed by atoms with Gasteiger partial charge in [-0.3, -0.25) is 9.79 Å². The van der Waals surface area contributed by atoms with E-state index in [1.807, 2.05) is 0 Å². The zero-order valence-corrected chi connectivity index (χ0v) is 18.0. The number of rotatable bonds is 4. The molecule has 0 aromatic rings. The molecule has 7 heteroatoms. The molecule has 0 bridgehead atoms. The van der Waals surface area contributed by atoms with Crippen molar-refractivity contribution in [3.63, 3.8) is 0 Å². The van der Waals surface area contributed by atoms with E-state index in [1.54, 1.807) is 0 Å². The van der Waals surface area contributed by atoms with Gasteiger partial charge in [-0.05, 0) is 32.1 Å². The number of nitrogens with zero attached hydrogens (tertiary/aromatic N) is 2. The lowest BCUT2D eigenvalue weighted by molar-refractivity contribution is -0.119. The molecule has 25 heavy (non-hydrogen) atoms. The number of primary amides is 1. The molecule has 4 unspecified atom stereocenters. The third-order valence-electron chi connectivity index (χ3n) is 6.00. The number of nitrogens with one attached hydrogen (secondary N) is 1. The molecule has 1 aliphatic carbocycles. The van der Waals surface area contributed by atoms with Gasteiger partial charge in [0.25, 0.3) is 0 Å². The Bertz CT molecular complexity index is 511. The lowest BCUT2D eigenvalue weighted by atomic mass is 9.57. The number of carbonyl (C=O) groups excluding carboxylic acids is 1. The Balaban J connectivity index is 0.00000225. The maximum atomic E-state index is 11.3. The molecular formula is C18H33IN4O2. The van der Waals surface area contributed by atoms with Gasteiger partial charge in [0, 0.05) is 50.0 Å². The number of hydrogen-bond donors (Lipinski definition) is 2. The second-order valence-corrected chi connectivity index (χ2v) is 8.11. The van der Waals surface area contributed by atoms with E-state index in [0.717, 1.165) is 51.5 Å². The third-order valence-corrected chi connectivity index (χ3v) is 6.00. The number of aliphatic imine (C=N–C) groups is 1. The summed E-state index contributed by atoms with van der Waals surface area (Å²) in [6, 6.07) is 0.409. The SMILES string of the molecule is CCN=C(NC1C2CCOC2C1(C)C)N1CCCC(CC(N)=O)C1.I. The van der Waals surface area contributed by atoms with Gasteiger partial charge in [-0.15, -0.1) is 24.0 Å². The highest BCUT2D eigenvalue weighted by Crippen LogP contribution is 2.52. The van der Waals surface area contributed by atoms with E-state index in [9.17, 15) is 4.79 Å². The molecule has 0 spiro atoms. The van der Waals surface area contributed by atoms with Crippen molar-refractivity contribution in [3.05, 3.63) is 0 Å². The highest BCUT2D eigenvalue weighted by atomic mass is 127. The number of guanidine groups is 1. The van der Waals surface area contributed by atoms with Crippen LogP contribution in [0.2, 0.25) is 0 Å². The lowest BCUT2D eigenvalue weighted by Crippen LogP contribution is -2.68. The van der Waals surface area contributed by atoms with Gasteiger partial charge < -0.3 is 20.7 Å². The molecular weight excluding hydrogens is 431 g/mol. The lowest BCUT2D eigenvalue weighted by Gasteiger charge is -2.55. The van der Waals surface area contributed by atoms with Gasteiger partial charge in [0.1, 0.15) is 0 Å². The zero-order valence-electron chi connectivity index (χ0n) is 15.7. The zero-order chi connectivity index (χ0) is 17.3. The summed E-state index contributed by atoms with van der Waals surface area (Å²) in [5.41, 5.74) is 5.53. The molecule has 2 heterocycles. The van der Waals surface area contributed by atoms with Crippen LogP contribution in [-0.4, -0.2) is 55.2 Å². The van der Waals surface area contributed by atoms with Crippen molar-refractivity contribution in [3.8, 4) is 0 Å². The van der Waals surface area contributed by atoms with Crippen molar-refractivity contribution < 1.29 is 9.53 Å². The summed E-state index contributed by atoms with van der Waals surface area (Å²) in [5, 5.41) is 3.74. The molecule has 3 fully saturated rings. The minimum absolute atomic E-state index is 0. The second kappa shape index (κ2) is 8.41. The van der Waals surface area contributed by atoms with Crippen LogP contribution in [0.25, 0.3) is 0 Å². The van der Waals surface area contributed by atoms with Crippen LogP contribution in [0, 0.1) is 17.3 Å². The molecule has 3 aliphatic rings. The summed E-state index contributed by atoms with van der Waals surface area (Å²) >= 11 is 0. The smallest absolute Gasteiger partial charge is 0.217 e. The largest absolute Gasteiger partial charge is 0.377 e. The highest BCUT2D eigenvalue weighted by Gasteiger charge is 2.59. The Morgan fingerprint density at radius 3 is 2.84 bits per heavy atom. The molecule has 0 radical (unpaired) electrons. The number of hydrogen-bond acceptors (Lipinski definition) is 3. The van der Waals surface area contributed by atoms with Crippen LogP contribution in [0.15, 0.2) is 4.99 Å². The number of ether oxygens (including phenoxy) is 1. The quantitative estimate of drug-likeness (QED) is 0.379. The van der Waals surface area contributed by atoms with E-state index in [2.05, 4.69) is 31.0 Å². The molecule has 0 aromatic carbocycles. The Morgan fingerprint density at radius 2 is 2.16 bits per heavy atom. The molecule has 3 N–H and O–H groups in total. The van der Waals surface area contributed by atoms with Gasteiger partial charge in [-0.2, -0.15) is 0 Å². The minimum atomic E-state index is -0.199. The van der Waals surface area contributed by atoms with Gasteiger partial charge in [-0.1, -0.05) is 13.8 Å². The van der Waals surface area contributed by atoms with Crippen molar-refractivity contribution in [1.82, 2.24) is 10.2 Å². The fraction of sp³-hybridized carbons (Fsp3) is 0.889. The summed E-state index contributed by atoms with van der Waals surface area (Å²) in [5.74, 6) is 1.73. The molecule has 2 aliphatic heterocycles. The Labute approximate surface area is 168 Å². The first kappa shape index (κ1) is 20.7. The van der Waals surface area contributed by atoms with Gasteiger partial charge in [-0.25, -0.2) is 0 Å². The molecule has 6 nitrogen and oxygen atoms in total. The van der Waals surface area contributed by atoms with Crippen LogP contribution in [0.3, 0.4) is 0 Å². The first-order valence-electron chi connectivity index (χ1n) is 9.39. The summed E-state index contributed by atoms with van der Waals surface area (Å²) in [6.45, 7) is 10.1. The van der Waals surface area contributed by atoms with Gasteiger partial charge in [0.15, 0.2) is 5.96 Å². The van der Waals surface area contributed by atoms with Crippen LogP contribution in [-0.2, 0) is 9.53 Å². The van der Waals surface area contributed by atoms with Crippen LogP contribution < -0.4 is 11.1 Å². The van der Waals surface area contributed by atoms with E-state index < -0.39 is 0 Å². The van der Waals surface area contributed by atoms with Gasteiger partial charge in [0.2, 0.25) is 5.91 Å². The Hall–Kier alpha value is -0.570. The number of carbonyl (C=O) groups is 1. The van der Waals surface area contributed by atoms with Crippen molar-refractivity contribution >= 4 is 35.8 Å². The summed E-state index contributed by atoms with van der Waals surface area (Å²) < 4.78 is 5.90. The first-order valence-corrected chi connectivity index (χ1v) is 9.39. The number of amides is 1. The van der Waals surface area contributed by atoms with Crippen LogP contribution in [0.1, 0.15) is 46.5 Å². The van der Waals surface area contributed by atoms with Crippen molar-refractivity contribution in [2.75, 3.05) is 26.2 Å². The van der Waals surface area contributed by atoms with E-state index in [4.69, 9.17) is 15.5 Å². The van der Waals surface area contributed by atoms with Crippen molar-refractivity contribution in [2.45, 2.75) is 58.6 Å². The number of fused-ring (bicyclic) bond motifs is 1. The summed E-state index contributed by atoms with van der Waals surface area (Å²) in [4.78, 5) is 18.3. The second-order valence-electron chi connectivity index (χ2n) is 8.11. The summed E-state index contributed by atoms with van der Waals surface area (Å²) in [6.07, 6.45) is 4.15. The van der Waals surface area contributed by atoms with Crippen LogP contribution >= 0.6 is 24.0 Å². The third kappa shape index (κ3) is 4.23. The number of nitrogens with two attached hydrogens (primary N) is 1. The monoisotopic (exact) mass is 464 g/mol. The highest BCUT2D eigenvalue weighted by molar-refractivity contribution is 14.0. The number of likely N-dealkylation sites (tertiary alicyclic amines) is 1. The van der Waals surface area contributed by atoms with Gasteiger partial charge in [0.05, 0.1) is 6.10 Å². The number of piperidine rings is 1. The van der Waals surface area contributed by atoms with Crippen molar-refractivity contribution in [2.24, 2.45) is 28.0 Å². The number of halogens is 1. The molecule has 0 aromatic heterocycles. The van der Waals surface area contributed by atoms with E-state index in [-0.39, 0.29) is 35.3 Å². The van der Waals surface area contributed by atoms with Crippen molar-refractivity contribution in [1.29, 1.82) is 0 Å². The minimum Gasteiger partial charge on any atom is -0.377 e. The molecule has 4 atom stereocenters. The van der Waals surface area contributed by atoms with Gasteiger partial charge >= 0.3 is 0 Å². The topological polar surface area (TPSA) is 80.0 Å². The average Bonchev–Trinajstić information content (AvgIpc) is 2.98. The van der Waals surface area contributed by atoms with E-state index >= 15 is 0 Å². The fourth-order valence-electron chi connectivity index (χ4n) is 4.85. The predicted octanol–water partition coefficient (Wildman–Crippen LogP) is 1.97.